The molecule has 1 aliphatic heterocycles. The number of allylic oxidation sites excluding steroid dienone is 2. The van der Waals surface area contributed by atoms with Crippen LogP contribution < -0.4 is 0 Å². The van der Waals surface area contributed by atoms with Gasteiger partial charge in [0, 0.05) is 36.3 Å². The van der Waals surface area contributed by atoms with E-state index in [1.165, 1.54) is 17.3 Å². The highest BCUT2D eigenvalue weighted by Gasteiger charge is 2.60. The molecule has 142 valence electrons. The molecule has 0 amide bonds. The van der Waals surface area contributed by atoms with E-state index in [9.17, 15) is 14.4 Å². The van der Waals surface area contributed by atoms with Crippen LogP contribution in [-0.4, -0.2) is 27.7 Å². The molecule has 0 spiro atoms. The Morgan fingerprint density at radius 3 is 2.65 bits per heavy atom. The first-order chi connectivity index (χ1) is 12.2. The molecule has 0 aromatic rings. The summed E-state index contributed by atoms with van der Waals surface area (Å²) < 4.78 is 5.84. The number of hydrogen-bond donors (Lipinski definition) is 0. The van der Waals surface area contributed by atoms with E-state index in [4.69, 9.17) is 4.74 Å². The Balaban J connectivity index is 1.70. The number of hydrogen-bond acceptors (Lipinski definition) is 5. The maximum atomic E-state index is 12.3. The topological polar surface area (TPSA) is 60.4 Å². The maximum absolute atomic E-state index is 12.3. The Morgan fingerprint density at radius 2 is 1.92 bits per heavy atom. The number of carbonyl (C=O) groups excluding carboxylic acids is 3. The number of ketones is 1. The van der Waals surface area contributed by atoms with Crippen molar-refractivity contribution >= 4 is 28.6 Å². The summed E-state index contributed by atoms with van der Waals surface area (Å²) >= 11 is 1.36. The molecule has 0 aromatic heterocycles. The molecule has 0 aromatic carbocycles. The quantitative estimate of drug-likeness (QED) is 0.646. The normalized spacial score (nSPS) is 45.0. The van der Waals surface area contributed by atoms with Crippen molar-refractivity contribution in [3.8, 4) is 0 Å². The van der Waals surface area contributed by atoms with E-state index in [1.54, 1.807) is 6.92 Å². The van der Waals surface area contributed by atoms with Gasteiger partial charge in [0.05, 0.1) is 0 Å². The van der Waals surface area contributed by atoms with Crippen molar-refractivity contribution < 1.29 is 19.1 Å². The third-order valence-corrected chi connectivity index (χ3v) is 8.96. The van der Waals surface area contributed by atoms with Crippen LogP contribution in [0, 0.1) is 23.2 Å². The van der Waals surface area contributed by atoms with E-state index in [0.29, 0.717) is 30.6 Å². The van der Waals surface area contributed by atoms with Gasteiger partial charge in [-0.25, -0.2) is 0 Å². The third kappa shape index (κ3) is 2.69. The second-order valence-corrected chi connectivity index (χ2v) is 10.4. The maximum Gasteiger partial charge on any atom is 0.306 e. The largest absolute Gasteiger partial charge is 0.459 e. The molecule has 3 fully saturated rings. The standard InChI is InChI=1S/C21H28O4S/c1-12(22)26-18-11-14(23)10-13-4-5-15-16-6-7-19(24)25-20(16,2)9-8-17(15)21(13,18)3/h10,15-18H,4-9,11H2,1-3H3/t15-,16+,17+,18-,20+,21+/m0/s1. The average Bonchev–Trinajstić information content (AvgIpc) is 2.54. The highest BCUT2D eigenvalue weighted by atomic mass is 32.2. The van der Waals surface area contributed by atoms with Crippen LogP contribution in [0.2, 0.25) is 0 Å². The second kappa shape index (κ2) is 6.22. The average molecular weight is 377 g/mol. The monoisotopic (exact) mass is 376 g/mol. The van der Waals surface area contributed by atoms with E-state index < -0.39 is 0 Å². The van der Waals surface area contributed by atoms with Gasteiger partial charge >= 0.3 is 5.97 Å². The zero-order valence-electron chi connectivity index (χ0n) is 15.9. The molecule has 4 rings (SSSR count). The van der Waals surface area contributed by atoms with Gasteiger partial charge in [-0.3, -0.25) is 14.4 Å². The summed E-state index contributed by atoms with van der Waals surface area (Å²) in [7, 11) is 0. The number of ether oxygens (including phenoxy) is 1. The lowest BCUT2D eigenvalue weighted by molar-refractivity contribution is -0.194. The van der Waals surface area contributed by atoms with E-state index in [-0.39, 0.29) is 33.1 Å². The summed E-state index contributed by atoms with van der Waals surface area (Å²) in [4.78, 5) is 36.0. The van der Waals surface area contributed by atoms with Gasteiger partial charge in [-0.05, 0) is 56.9 Å². The van der Waals surface area contributed by atoms with E-state index in [2.05, 4.69) is 13.8 Å². The van der Waals surface area contributed by atoms with Crippen molar-refractivity contribution in [3.05, 3.63) is 11.6 Å². The summed E-state index contributed by atoms with van der Waals surface area (Å²) in [6.07, 6.45) is 7.66. The van der Waals surface area contributed by atoms with Crippen molar-refractivity contribution in [3.63, 3.8) is 0 Å². The summed E-state index contributed by atoms with van der Waals surface area (Å²) in [6, 6.07) is 0. The fourth-order valence-corrected chi connectivity index (χ4v) is 7.69. The Bertz CT molecular complexity index is 698. The Kier molecular flexibility index (Phi) is 4.37. The fourth-order valence-electron chi connectivity index (χ4n) is 6.47. The van der Waals surface area contributed by atoms with Crippen LogP contribution in [0.5, 0.6) is 0 Å². The highest BCUT2D eigenvalue weighted by Crippen LogP contribution is 2.63. The van der Waals surface area contributed by atoms with E-state index >= 15 is 0 Å². The summed E-state index contributed by atoms with van der Waals surface area (Å²) in [5.41, 5.74) is 0.822. The molecular weight excluding hydrogens is 348 g/mol. The second-order valence-electron chi connectivity index (χ2n) is 9.00. The minimum absolute atomic E-state index is 0.0378. The van der Waals surface area contributed by atoms with Gasteiger partial charge in [-0.1, -0.05) is 24.3 Å². The Morgan fingerprint density at radius 1 is 1.15 bits per heavy atom. The molecule has 26 heavy (non-hydrogen) atoms. The molecule has 4 nitrogen and oxygen atoms in total. The van der Waals surface area contributed by atoms with Gasteiger partial charge in [0.1, 0.15) is 5.60 Å². The predicted molar refractivity (Wildman–Crippen MR) is 101 cm³/mol. The van der Waals surface area contributed by atoms with Crippen LogP contribution in [0.3, 0.4) is 0 Å². The predicted octanol–water partition coefficient (Wildman–Crippen LogP) is 4.07. The number of thioether (sulfide) groups is 1. The van der Waals surface area contributed by atoms with Crippen molar-refractivity contribution in [1.82, 2.24) is 0 Å². The Labute approximate surface area is 159 Å². The van der Waals surface area contributed by atoms with Gasteiger partial charge in [-0.2, -0.15) is 0 Å². The lowest BCUT2D eigenvalue weighted by Gasteiger charge is -2.60. The van der Waals surface area contributed by atoms with E-state index in [1.807, 2.05) is 6.08 Å². The van der Waals surface area contributed by atoms with Crippen molar-refractivity contribution in [2.45, 2.75) is 76.6 Å². The van der Waals surface area contributed by atoms with Crippen molar-refractivity contribution in [2.24, 2.45) is 23.2 Å². The molecule has 0 N–H and O–H groups in total. The molecule has 0 radical (unpaired) electrons. The van der Waals surface area contributed by atoms with Crippen LogP contribution in [0.1, 0.15) is 65.7 Å². The van der Waals surface area contributed by atoms with Crippen LogP contribution >= 0.6 is 11.8 Å². The highest BCUT2D eigenvalue weighted by molar-refractivity contribution is 8.14. The molecule has 0 bridgehead atoms. The first kappa shape index (κ1) is 18.3. The molecule has 0 unspecified atom stereocenters. The number of carbonyl (C=O) groups is 3. The van der Waals surface area contributed by atoms with E-state index in [0.717, 1.165) is 32.1 Å². The molecule has 3 aliphatic carbocycles. The van der Waals surface area contributed by atoms with Gasteiger partial charge in [0.2, 0.25) is 0 Å². The van der Waals surface area contributed by atoms with Crippen LogP contribution in [0.4, 0.5) is 0 Å². The van der Waals surface area contributed by atoms with Gasteiger partial charge in [0.15, 0.2) is 10.9 Å². The van der Waals surface area contributed by atoms with Crippen LogP contribution in [0.25, 0.3) is 0 Å². The number of esters is 1. The molecule has 5 heteroatoms. The zero-order valence-corrected chi connectivity index (χ0v) is 16.7. The summed E-state index contributed by atoms with van der Waals surface area (Å²) in [6.45, 7) is 6.01. The van der Waals surface area contributed by atoms with Crippen molar-refractivity contribution in [1.29, 1.82) is 0 Å². The number of fused-ring (bicyclic) bond motifs is 5. The first-order valence-electron chi connectivity index (χ1n) is 9.87. The zero-order chi connectivity index (χ0) is 18.7. The molecule has 6 atom stereocenters. The lowest BCUT2D eigenvalue weighted by Crippen LogP contribution is -2.58. The molecule has 1 saturated heterocycles. The molecular formula is C21H28O4S. The summed E-state index contributed by atoms with van der Waals surface area (Å²) in [5.74, 6) is 1.48. The summed E-state index contributed by atoms with van der Waals surface area (Å²) in [5, 5.41) is 0.135. The first-order valence-corrected chi connectivity index (χ1v) is 10.7. The van der Waals surface area contributed by atoms with Gasteiger partial charge in [0.25, 0.3) is 0 Å². The van der Waals surface area contributed by atoms with Crippen LogP contribution in [0.15, 0.2) is 11.6 Å². The smallest absolute Gasteiger partial charge is 0.306 e. The SMILES string of the molecule is CC(=O)S[C@H]1CC(=O)C=C2CC[C@@H]3[C@@H](CC[C@@]4(C)OC(=O)CC[C@H]34)[C@@]21C. The van der Waals surface area contributed by atoms with Gasteiger partial charge in [-0.15, -0.1) is 0 Å². The molecule has 2 saturated carbocycles. The minimum atomic E-state index is -0.332. The molecule has 1 heterocycles. The van der Waals surface area contributed by atoms with Crippen molar-refractivity contribution in [2.75, 3.05) is 0 Å². The van der Waals surface area contributed by atoms with Crippen LogP contribution in [-0.2, 0) is 19.1 Å². The Hall–Kier alpha value is -1.10. The molecule has 4 aliphatic rings. The minimum Gasteiger partial charge on any atom is -0.459 e. The number of rotatable bonds is 1. The lowest BCUT2D eigenvalue weighted by atomic mass is 9.48. The fraction of sp³-hybridized carbons (Fsp3) is 0.762. The van der Waals surface area contributed by atoms with Gasteiger partial charge < -0.3 is 4.74 Å². The third-order valence-electron chi connectivity index (χ3n) is 7.68.